The molecule has 3 rings (SSSR count). The molecule has 3 aromatic carbocycles. The molecule has 156 valence electrons. The smallest absolute Gasteiger partial charge is 0.329 e. The highest BCUT2D eigenvalue weighted by molar-refractivity contribution is 6.40. The summed E-state index contributed by atoms with van der Waals surface area (Å²) < 4.78 is 0. The minimum absolute atomic E-state index is 0.0496. The molecule has 3 amide bonds. The number of phenolic OH excluding ortho intramolecular Hbond substituents is 1. The van der Waals surface area contributed by atoms with Crippen LogP contribution in [-0.4, -0.2) is 29.0 Å². The van der Waals surface area contributed by atoms with Gasteiger partial charge in [0.15, 0.2) is 0 Å². The molecule has 0 aliphatic heterocycles. The Morgan fingerprint density at radius 3 is 2.35 bits per heavy atom. The lowest BCUT2D eigenvalue weighted by Crippen LogP contribution is -2.33. The number of carbonyl (C=O) groups excluding carboxylic acids is 3. The second-order valence-electron chi connectivity index (χ2n) is 6.61. The van der Waals surface area contributed by atoms with E-state index >= 15 is 0 Å². The number of nitrogens with zero attached hydrogens (tertiary/aromatic N) is 1. The molecule has 4 N–H and O–H groups in total. The van der Waals surface area contributed by atoms with Gasteiger partial charge in [0.1, 0.15) is 5.75 Å². The first kappa shape index (κ1) is 21.3. The largest absolute Gasteiger partial charge is 0.508 e. The maximum Gasteiger partial charge on any atom is 0.329 e. The fraction of sp³-hybridized carbons (Fsp3) is 0.0435. The molecule has 0 aromatic heterocycles. The fourth-order valence-corrected chi connectivity index (χ4v) is 2.63. The Morgan fingerprint density at radius 1 is 0.871 bits per heavy atom. The Kier molecular flexibility index (Phi) is 6.74. The molecule has 0 unspecified atom stereocenters. The molecule has 0 saturated heterocycles. The van der Waals surface area contributed by atoms with Crippen LogP contribution in [0.1, 0.15) is 21.5 Å². The Bertz CT molecular complexity index is 1140. The Balaban J connectivity index is 1.63. The van der Waals surface area contributed by atoms with Gasteiger partial charge in [-0.25, -0.2) is 5.43 Å². The van der Waals surface area contributed by atoms with Crippen molar-refractivity contribution in [2.24, 2.45) is 5.10 Å². The van der Waals surface area contributed by atoms with Crippen LogP contribution in [0.3, 0.4) is 0 Å². The van der Waals surface area contributed by atoms with E-state index in [0.717, 1.165) is 5.56 Å². The molecular weight excluding hydrogens is 396 g/mol. The van der Waals surface area contributed by atoms with Crippen LogP contribution in [0.15, 0.2) is 77.9 Å². The normalized spacial score (nSPS) is 10.5. The number of aryl methyl sites for hydroxylation is 1. The molecule has 31 heavy (non-hydrogen) atoms. The van der Waals surface area contributed by atoms with E-state index in [9.17, 15) is 19.5 Å². The van der Waals surface area contributed by atoms with Gasteiger partial charge in [-0.2, -0.15) is 5.10 Å². The summed E-state index contributed by atoms with van der Waals surface area (Å²) in [6, 6.07) is 19.8. The zero-order valence-electron chi connectivity index (χ0n) is 16.6. The van der Waals surface area contributed by atoms with Gasteiger partial charge in [0.2, 0.25) is 0 Å². The maximum atomic E-state index is 12.6. The van der Waals surface area contributed by atoms with Crippen molar-refractivity contribution >= 4 is 35.3 Å². The van der Waals surface area contributed by atoms with Gasteiger partial charge in [0.25, 0.3) is 5.91 Å². The predicted octanol–water partition coefficient (Wildman–Crippen LogP) is 3.04. The van der Waals surface area contributed by atoms with E-state index in [1.54, 1.807) is 36.4 Å². The zero-order chi connectivity index (χ0) is 22.2. The van der Waals surface area contributed by atoms with Crippen LogP contribution in [0.4, 0.5) is 11.4 Å². The van der Waals surface area contributed by atoms with Crippen molar-refractivity contribution in [2.45, 2.75) is 6.92 Å². The van der Waals surface area contributed by atoms with Crippen LogP contribution >= 0.6 is 0 Å². The summed E-state index contributed by atoms with van der Waals surface area (Å²) in [6.45, 7) is 1.94. The number of para-hydroxylation sites is 1. The molecule has 0 radical (unpaired) electrons. The number of rotatable bonds is 5. The Labute approximate surface area is 178 Å². The standard InChI is InChI=1S/C23H20N4O4/c1-15-9-11-17(12-10-15)25-21(29)19-7-2-3-8-20(19)26-22(30)23(31)27-24-14-16-5-4-6-18(28)13-16/h2-14,28H,1H3,(H,25,29)(H,26,30)(H,27,31). The molecule has 0 heterocycles. The van der Waals surface area contributed by atoms with Gasteiger partial charge in [-0.05, 0) is 48.9 Å². The lowest BCUT2D eigenvalue weighted by atomic mass is 10.1. The number of phenols is 1. The summed E-state index contributed by atoms with van der Waals surface area (Å²) in [5, 5.41) is 18.3. The molecule has 0 saturated carbocycles. The van der Waals surface area contributed by atoms with Crippen LogP contribution < -0.4 is 16.1 Å². The minimum atomic E-state index is -1.01. The van der Waals surface area contributed by atoms with Gasteiger partial charge in [0.05, 0.1) is 17.5 Å². The first-order valence-corrected chi connectivity index (χ1v) is 9.33. The van der Waals surface area contributed by atoms with E-state index in [2.05, 4.69) is 21.2 Å². The van der Waals surface area contributed by atoms with E-state index in [1.165, 1.54) is 30.5 Å². The molecule has 0 fully saturated rings. The average molecular weight is 416 g/mol. The Morgan fingerprint density at radius 2 is 1.61 bits per heavy atom. The van der Waals surface area contributed by atoms with Crippen LogP contribution in [0, 0.1) is 6.92 Å². The number of nitrogens with one attached hydrogen (secondary N) is 3. The number of aromatic hydroxyl groups is 1. The summed E-state index contributed by atoms with van der Waals surface area (Å²) in [4.78, 5) is 36.9. The third kappa shape index (κ3) is 6.01. The fourth-order valence-electron chi connectivity index (χ4n) is 2.63. The number of hydrazone groups is 1. The van der Waals surface area contributed by atoms with Crippen LogP contribution in [0.25, 0.3) is 0 Å². The second kappa shape index (κ2) is 9.84. The molecule has 0 atom stereocenters. The van der Waals surface area contributed by atoms with Crippen molar-refractivity contribution in [1.29, 1.82) is 0 Å². The Hall–Kier alpha value is -4.46. The van der Waals surface area contributed by atoms with Crippen molar-refractivity contribution in [3.05, 3.63) is 89.5 Å². The van der Waals surface area contributed by atoms with E-state index in [1.807, 2.05) is 19.1 Å². The molecule has 0 spiro atoms. The molecule has 8 nitrogen and oxygen atoms in total. The van der Waals surface area contributed by atoms with Crippen LogP contribution in [0.2, 0.25) is 0 Å². The summed E-state index contributed by atoms with van der Waals surface area (Å²) in [7, 11) is 0. The van der Waals surface area contributed by atoms with Crippen LogP contribution in [-0.2, 0) is 9.59 Å². The highest BCUT2D eigenvalue weighted by Gasteiger charge is 2.17. The number of amides is 3. The maximum absolute atomic E-state index is 12.6. The number of hydrogen-bond donors (Lipinski definition) is 4. The minimum Gasteiger partial charge on any atom is -0.508 e. The van der Waals surface area contributed by atoms with Gasteiger partial charge in [0, 0.05) is 5.69 Å². The first-order valence-electron chi connectivity index (χ1n) is 9.33. The van der Waals surface area contributed by atoms with Crippen molar-refractivity contribution in [1.82, 2.24) is 5.43 Å². The zero-order valence-corrected chi connectivity index (χ0v) is 16.6. The highest BCUT2D eigenvalue weighted by atomic mass is 16.3. The summed E-state index contributed by atoms with van der Waals surface area (Å²) in [6.07, 6.45) is 1.29. The van der Waals surface area contributed by atoms with Crippen molar-refractivity contribution in [3.8, 4) is 5.75 Å². The van der Waals surface area contributed by atoms with Crippen molar-refractivity contribution in [2.75, 3.05) is 10.6 Å². The molecule has 3 aromatic rings. The van der Waals surface area contributed by atoms with Gasteiger partial charge < -0.3 is 15.7 Å². The summed E-state index contributed by atoms with van der Waals surface area (Å²) >= 11 is 0. The van der Waals surface area contributed by atoms with E-state index in [-0.39, 0.29) is 17.0 Å². The van der Waals surface area contributed by atoms with E-state index in [0.29, 0.717) is 11.3 Å². The number of carbonyl (C=O) groups is 3. The molecule has 0 aliphatic rings. The van der Waals surface area contributed by atoms with Gasteiger partial charge in [-0.1, -0.05) is 42.0 Å². The third-order valence-electron chi connectivity index (χ3n) is 4.19. The molecule has 8 heteroatoms. The quantitative estimate of drug-likeness (QED) is 0.290. The van der Waals surface area contributed by atoms with Crippen molar-refractivity contribution < 1.29 is 19.5 Å². The molecular formula is C23H20N4O4. The highest BCUT2D eigenvalue weighted by Crippen LogP contribution is 2.18. The van der Waals surface area contributed by atoms with Crippen LogP contribution in [0.5, 0.6) is 5.75 Å². The van der Waals surface area contributed by atoms with Crippen molar-refractivity contribution in [3.63, 3.8) is 0 Å². The van der Waals surface area contributed by atoms with E-state index in [4.69, 9.17) is 0 Å². The average Bonchev–Trinajstić information content (AvgIpc) is 2.75. The van der Waals surface area contributed by atoms with Gasteiger partial charge in [-0.3, -0.25) is 14.4 Å². The lowest BCUT2D eigenvalue weighted by molar-refractivity contribution is -0.136. The number of anilines is 2. The molecule has 0 aliphatic carbocycles. The topological polar surface area (TPSA) is 120 Å². The predicted molar refractivity (Wildman–Crippen MR) is 118 cm³/mol. The summed E-state index contributed by atoms with van der Waals surface area (Å²) in [5.74, 6) is -2.37. The second-order valence-corrected chi connectivity index (χ2v) is 6.61. The summed E-state index contributed by atoms with van der Waals surface area (Å²) in [5.41, 5.74) is 4.69. The van der Waals surface area contributed by atoms with Gasteiger partial charge in [-0.15, -0.1) is 0 Å². The van der Waals surface area contributed by atoms with Gasteiger partial charge >= 0.3 is 11.8 Å². The monoisotopic (exact) mass is 416 g/mol. The van der Waals surface area contributed by atoms with E-state index < -0.39 is 17.7 Å². The SMILES string of the molecule is Cc1ccc(NC(=O)c2ccccc2NC(=O)C(=O)NN=Cc2cccc(O)c2)cc1. The lowest BCUT2D eigenvalue weighted by Gasteiger charge is -2.11. The number of hydrogen-bond acceptors (Lipinski definition) is 5. The molecule has 0 bridgehead atoms. The third-order valence-corrected chi connectivity index (χ3v) is 4.19. The first-order chi connectivity index (χ1) is 14.9. The number of benzene rings is 3.